The van der Waals surface area contributed by atoms with Crippen molar-refractivity contribution in [3.8, 4) is 11.5 Å². The summed E-state index contributed by atoms with van der Waals surface area (Å²) in [5.74, 6) is 0.989. The van der Waals surface area contributed by atoms with E-state index in [1.54, 1.807) is 19.2 Å². The summed E-state index contributed by atoms with van der Waals surface area (Å²) in [6.07, 6.45) is 0. The summed E-state index contributed by atoms with van der Waals surface area (Å²) in [6, 6.07) is 16.3. The maximum Gasteiger partial charge on any atom is 0.330 e. The molecule has 0 saturated heterocycles. The molecule has 0 aromatic heterocycles. The van der Waals surface area contributed by atoms with Gasteiger partial charge in [0, 0.05) is 5.69 Å². The first-order valence-electron chi connectivity index (χ1n) is 5.91. The van der Waals surface area contributed by atoms with Crippen LogP contribution >= 0.6 is 0 Å². The second kappa shape index (κ2) is 6.44. The van der Waals surface area contributed by atoms with E-state index in [4.69, 9.17) is 9.47 Å². The summed E-state index contributed by atoms with van der Waals surface area (Å²) >= 11 is 0. The molecule has 0 bridgehead atoms. The quantitative estimate of drug-likeness (QED) is 0.661. The molecule has 0 spiro atoms. The van der Waals surface area contributed by atoms with E-state index in [-0.39, 0.29) is 12.5 Å². The highest BCUT2D eigenvalue weighted by atomic mass is 16.5. The van der Waals surface area contributed by atoms with Gasteiger partial charge in [-0.3, -0.25) is 0 Å². The number of para-hydroxylation sites is 1. The molecule has 98 valence electrons. The van der Waals surface area contributed by atoms with E-state index < -0.39 is 0 Å². The molecule has 0 radical (unpaired) electrons. The summed E-state index contributed by atoms with van der Waals surface area (Å²) in [5.41, 5.74) is 0.839. The molecular weight excluding hydrogens is 242 g/mol. The number of anilines is 1. The number of rotatable bonds is 5. The lowest BCUT2D eigenvalue weighted by Gasteiger charge is -2.07. The van der Waals surface area contributed by atoms with Crippen molar-refractivity contribution >= 4 is 11.7 Å². The number of carbonyl (C=O) groups is 1. The van der Waals surface area contributed by atoms with Crippen LogP contribution in [0.4, 0.5) is 5.69 Å². The van der Waals surface area contributed by atoms with Gasteiger partial charge in [-0.25, -0.2) is 4.79 Å². The second-order valence-corrected chi connectivity index (χ2v) is 3.87. The highest BCUT2D eigenvalue weighted by molar-refractivity contribution is 5.77. The van der Waals surface area contributed by atoms with Gasteiger partial charge in [-0.15, -0.1) is 0 Å². The minimum absolute atomic E-state index is 0.112. The van der Waals surface area contributed by atoms with Crippen molar-refractivity contribution in [1.29, 1.82) is 0 Å². The van der Waals surface area contributed by atoms with Crippen molar-refractivity contribution in [3.63, 3.8) is 0 Å². The van der Waals surface area contributed by atoms with Crippen LogP contribution in [0.3, 0.4) is 0 Å². The first-order valence-corrected chi connectivity index (χ1v) is 5.91. The highest BCUT2D eigenvalue weighted by Gasteiger charge is 2.04. The van der Waals surface area contributed by atoms with Gasteiger partial charge in [-0.2, -0.15) is 0 Å². The Kier molecular flexibility index (Phi) is 4.39. The van der Waals surface area contributed by atoms with Crippen LogP contribution in [0.1, 0.15) is 0 Å². The smallest absolute Gasteiger partial charge is 0.330 e. The van der Waals surface area contributed by atoms with Crippen molar-refractivity contribution in [2.24, 2.45) is 0 Å². The molecule has 19 heavy (non-hydrogen) atoms. The Balaban J connectivity index is 1.83. The SMILES string of the molecule is COc1ccc(NCC(=O)Oc2ccccc2)cc1. The Morgan fingerprint density at radius 3 is 2.32 bits per heavy atom. The molecule has 2 aromatic carbocycles. The topological polar surface area (TPSA) is 47.6 Å². The molecule has 0 unspecified atom stereocenters. The molecule has 2 rings (SSSR count). The number of carbonyl (C=O) groups excluding carboxylic acids is 1. The van der Waals surface area contributed by atoms with Crippen molar-refractivity contribution in [3.05, 3.63) is 54.6 Å². The third-order valence-electron chi connectivity index (χ3n) is 2.50. The van der Waals surface area contributed by atoms with Crippen LogP contribution in [0, 0.1) is 0 Å². The molecule has 0 amide bonds. The third kappa shape index (κ3) is 4.03. The zero-order chi connectivity index (χ0) is 13.5. The fourth-order valence-electron chi connectivity index (χ4n) is 1.54. The van der Waals surface area contributed by atoms with E-state index in [1.807, 2.05) is 42.5 Å². The van der Waals surface area contributed by atoms with E-state index >= 15 is 0 Å². The average Bonchev–Trinajstić information content (AvgIpc) is 2.47. The first kappa shape index (κ1) is 13.0. The fraction of sp³-hybridized carbons (Fsp3) is 0.133. The van der Waals surface area contributed by atoms with Crippen LogP contribution in [0.5, 0.6) is 11.5 Å². The van der Waals surface area contributed by atoms with Crippen LogP contribution in [-0.2, 0) is 4.79 Å². The van der Waals surface area contributed by atoms with Gasteiger partial charge in [0.2, 0.25) is 0 Å². The predicted molar refractivity (Wildman–Crippen MR) is 73.6 cm³/mol. The summed E-state index contributed by atoms with van der Waals surface area (Å²) in [6.45, 7) is 0.112. The number of benzene rings is 2. The minimum Gasteiger partial charge on any atom is -0.497 e. The molecule has 4 heteroatoms. The van der Waals surface area contributed by atoms with Crippen LogP contribution < -0.4 is 14.8 Å². The number of esters is 1. The van der Waals surface area contributed by atoms with E-state index in [0.29, 0.717) is 5.75 Å². The summed E-state index contributed by atoms with van der Waals surface area (Å²) in [4.78, 5) is 11.6. The monoisotopic (exact) mass is 257 g/mol. The van der Waals surface area contributed by atoms with Crippen molar-refractivity contribution in [2.45, 2.75) is 0 Å². The molecular formula is C15H15NO3. The molecule has 0 heterocycles. The standard InChI is InChI=1S/C15H15NO3/c1-18-13-9-7-12(8-10-13)16-11-15(17)19-14-5-3-2-4-6-14/h2-10,16H,11H2,1H3. The zero-order valence-electron chi connectivity index (χ0n) is 10.6. The Labute approximate surface area is 112 Å². The lowest BCUT2D eigenvalue weighted by atomic mass is 10.3. The molecule has 0 fully saturated rings. The molecule has 0 aliphatic heterocycles. The number of hydrogen-bond acceptors (Lipinski definition) is 4. The number of methoxy groups -OCH3 is 1. The van der Waals surface area contributed by atoms with Crippen LogP contribution in [0.25, 0.3) is 0 Å². The van der Waals surface area contributed by atoms with E-state index in [0.717, 1.165) is 11.4 Å². The summed E-state index contributed by atoms with van der Waals surface area (Å²) in [7, 11) is 1.61. The number of hydrogen-bond donors (Lipinski definition) is 1. The van der Waals surface area contributed by atoms with Gasteiger partial charge < -0.3 is 14.8 Å². The minimum atomic E-state index is -0.331. The predicted octanol–water partition coefficient (Wildman–Crippen LogP) is 2.71. The van der Waals surface area contributed by atoms with Crippen molar-refractivity contribution in [1.82, 2.24) is 0 Å². The second-order valence-electron chi connectivity index (χ2n) is 3.87. The summed E-state index contributed by atoms with van der Waals surface area (Å²) < 4.78 is 10.2. The molecule has 0 aliphatic carbocycles. The van der Waals surface area contributed by atoms with Crippen LogP contribution in [0.15, 0.2) is 54.6 Å². The van der Waals surface area contributed by atoms with E-state index in [9.17, 15) is 4.79 Å². The number of nitrogens with one attached hydrogen (secondary N) is 1. The lowest BCUT2D eigenvalue weighted by molar-refractivity contribution is -0.132. The zero-order valence-corrected chi connectivity index (χ0v) is 10.6. The molecule has 0 atom stereocenters. The van der Waals surface area contributed by atoms with Gasteiger partial charge in [-0.05, 0) is 36.4 Å². The van der Waals surface area contributed by atoms with E-state index in [2.05, 4.69) is 5.32 Å². The van der Waals surface area contributed by atoms with Gasteiger partial charge in [0.1, 0.15) is 18.0 Å². The average molecular weight is 257 g/mol. The molecule has 4 nitrogen and oxygen atoms in total. The maximum absolute atomic E-state index is 11.6. The first-order chi connectivity index (χ1) is 9.28. The Morgan fingerprint density at radius 1 is 1.00 bits per heavy atom. The summed E-state index contributed by atoms with van der Waals surface area (Å²) in [5, 5.41) is 2.99. The fourth-order valence-corrected chi connectivity index (χ4v) is 1.54. The maximum atomic E-state index is 11.6. The molecule has 0 aliphatic rings. The van der Waals surface area contributed by atoms with Gasteiger partial charge in [0.05, 0.1) is 7.11 Å². The highest BCUT2D eigenvalue weighted by Crippen LogP contribution is 2.15. The van der Waals surface area contributed by atoms with Gasteiger partial charge >= 0.3 is 5.97 Å². The van der Waals surface area contributed by atoms with Crippen molar-refractivity contribution in [2.75, 3.05) is 19.0 Å². The third-order valence-corrected chi connectivity index (χ3v) is 2.50. The lowest BCUT2D eigenvalue weighted by Crippen LogP contribution is -2.19. The van der Waals surface area contributed by atoms with Crippen LogP contribution in [-0.4, -0.2) is 19.6 Å². The van der Waals surface area contributed by atoms with Gasteiger partial charge in [-0.1, -0.05) is 18.2 Å². The molecule has 2 aromatic rings. The Bertz CT molecular complexity index is 523. The van der Waals surface area contributed by atoms with Crippen molar-refractivity contribution < 1.29 is 14.3 Å². The van der Waals surface area contributed by atoms with Gasteiger partial charge in [0.25, 0.3) is 0 Å². The van der Waals surface area contributed by atoms with E-state index in [1.165, 1.54) is 0 Å². The Morgan fingerprint density at radius 2 is 1.68 bits per heavy atom. The number of ether oxygens (including phenoxy) is 2. The molecule has 1 N–H and O–H groups in total. The normalized spacial score (nSPS) is 9.74. The Hall–Kier alpha value is -2.49. The molecule has 0 saturated carbocycles. The largest absolute Gasteiger partial charge is 0.497 e. The van der Waals surface area contributed by atoms with Crippen LogP contribution in [0.2, 0.25) is 0 Å². The van der Waals surface area contributed by atoms with Gasteiger partial charge in [0.15, 0.2) is 0 Å².